The van der Waals surface area contributed by atoms with Crippen LogP contribution in [0.2, 0.25) is 0 Å². The van der Waals surface area contributed by atoms with Gasteiger partial charge in [-0.1, -0.05) is 12.1 Å². The van der Waals surface area contributed by atoms with Gasteiger partial charge in [0, 0.05) is 88.5 Å². The van der Waals surface area contributed by atoms with Crippen LogP contribution in [-0.2, 0) is 29.0 Å². The smallest absolute Gasteiger partial charge is 0.415 e. The number of carbonyl (C=O) groups excluding carboxylic acids is 3. The van der Waals surface area contributed by atoms with Gasteiger partial charge in [0.05, 0.1) is 56.2 Å². The average molecular weight is 965 g/mol. The summed E-state index contributed by atoms with van der Waals surface area (Å²) < 4.78 is 16.9. The molecule has 3 saturated heterocycles. The highest BCUT2D eigenvalue weighted by Gasteiger charge is 2.35. The highest BCUT2D eigenvalue weighted by molar-refractivity contribution is 6.05. The summed E-state index contributed by atoms with van der Waals surface area (Å²) in [5.41, 5.74) is 7.68. The second-order valence-corrected chi connectivity index (χ2v) is 20.0. The van der Waals surface area contributed by atoms with Gasteiger partial charge in [0.1, 0.15) is 29.5 Å². The molecule has 372 valence electrons. The van der Waals surface area contributed by atoms with Gasteiger partial charge in [-0.3, -0.25) is 24.4 Å². The minimum Gasteiger partial charge on any atom is -0.497 e. The van der Waals surface area contributed by atoms with Gasteiger partial charge in [-0.25, -0.2) is 29.5 Å². The number of piperazine rings is 1. The first-order valence-electron chi connectivity index (χ1n) is 24.9. The Morgan fingerprint density at radius 3 is 2.27 bits per heavy atom. The van der Waals surface area contributed by atoms with E-state index >= 15 is 0 Å². The van der Waals surface area contributed by atoms with Crippen LogP contribution in [0.4, 0.5) is 49.8 Å². The van der Waals surface area contributed by atoms with Gasteiger partial charge in [-0.2, -0.15) is 0 Å². The van der Waals surface area contributed by atoms with Crippen LogP contribution >= 0.6 is 0 Å². The molecule has 18 nitrogen and oxygen atoms in total. The largest absolute Gasteiger partial charge is 0.497 e. The molecular formula is C53H64N12O6. The summed E-state index contributed by atoms with van der Waals surface area (Å²) in [5, 5.41) is 3.44. The van der Waals surface area contributed by atoms with Crippen LogP contribution in [0.5, 0.6) is 11.6 Å². The number of imide groups is 1. The summed E-state index contributed by atoms with van der Waals surface area (Å²) >= 11 is 0. The molecule has 0 spiro atoms. The number of amides is 4. The molecule has 0 bridgehead atoms. The minimum absolute atomic E-state index is 0.173. The molecule has 5 aliphatic heterocycles. The first kappa shape index (κ1) is 47.5. The topological polar surface area (TPSA) is 165 Å². The molecule has 5 aliphatic rings. The molecule has 0 saturated carbocycles. The van der Waals surface area contributed by atoms with Crippen molar-refractivity contribution in [2.75, 3.05) is 109 Å². The standard InChI is InChI=1S/C53H64N12O6/c1-36-45(32-55-49-48(36)64(28-29-70-49)52(68)71-53(2,3)4)62-22-18-39-30-56-50(58-44(39)35-62)57-40-8-10-41(11-9-40)60-20-16-38(17-21-60)33-59-24-26-61(27-25-59)46-15-12-42(31-54-46)63-23-19-47(66)65(51(63)67)34-37-6-13-43(69-5)14-7-37/h6-15,30-32,38H,16-29,33-35H2,1-5H3,(H,56,57,58). The van der Waals surface area contributed by atoms with Crippen LogP contribution in [0.3, 0.4) is 0 Å². The number of urea groups is 1. The van der Waals surface area contributed by atoms with Crippen LogP contribution < -0.4 is 39.3 Å². The number of nitrogens with zero attached hydrogens (tertiary/aromatic N) is 11. The van der Waals surface area contributed by atoms with E-state index in [0.717, 1.165) is 117 Å². The molecule has 0 atom stereocenters. The summed E-state index contributed by atoms with van der Waals surface area (Å²) in [4.78, 5) is 72.8. The van der Waals surface area contributed by atoms with Crippen LogP contribution in [0.25, 0.3) is 0 Å². The van der Waals surface area contributed by atoms with Crippen molar-refractivity contribution in [2.45, 2.75) is 72.1 Å². The number of nitrogens with one attached hydrogen (secondary N) is 1. The fourth-order valence-electron chi connectivity index (χ4n) is 10.2. The summed E-state index contributed by atoms with van der Waals surface area (Å²) in [5.74, 6) is 3.11. The SMILES string of the molecule is COc1ccc(CN2C(=O)CCN(c3ccc(N4CCN(CC5CCN(c6ccc(Nc7ncc8c(n7)CN(c7cnc9c(c7C)N(C(=O)OC(C)(C)C)CCO9)CC8)cc6)CC5)CC4)nc3)C2=O)cc1. The predicted octanol–water partition coefficient (Wildman–Crippen LogP) is 7.42. The molecule has 0 radical (unpaired) electrons. The zero-order chi connectivity index (χ0) is 49.2. The molecule has 3 aromatic heterocycles. The molecule has 4 amide bonds. The monoisotopic (exact) mass is 965 g/mol. The summed E-state index contributed by atoms with van der Waals surface area (Å²) in [7, 11) is 1.61. The van der Waals surface area contributed by atoms with Crippen molar-refractivity contribution in [2.24, 2.45) is 5.92 Å². The van der Waals surface area contributed by atoms with Crippen molar-refractivity contribution in [1.29, 1.82) is 0 Å². The number of fused-ring (bicyclic) bond motifs is 2. The van der Waals surface area contributed by atoms with E-state index in [2.05, 4.69) is 59.1 Å². The molecule has 3 fully saturated rings. The number of ether oxygens (including phenoxy) is 3. The number of pyridine rings is 2. The lowest BCUT2D eigenvalue weighted by atomic mass is 9.95. The van der Waals surface area contributed by atoms with E-state index in [-0.39, 0.29) is 24.9 Å². The predicted molar refractivity (Wildman–Crippen MR) is 273 cm³/mol. The van der Waals surface area contributed by atoms with Gasteiger partial charge >= 0.3 is 12.1 Å². The Morgan fingerprint density at radius 1 is 0.789 bits per heavy atom. The van der Waals surface area contributed by atoms with Gasteiger partial charge in [-0.15, -0.1) is 0 Å². The van der Waals surface area contributed by atoms with E-state index < -0.39 is 11.7 Å². The number of carbonyl (C=O) groups is 3. The van der Waals surface area contributed by atoms with E-state index in [0.29, 0.717) is 55.4 Å². The summed E-state index contributed by atoms with van der Waals surface area (Å²) in [6.07, 6.45) is 8.47. The minimum atomic E-state index is -0.619. The van der Waals surface area contributed by atoms with Crippen molar-refractivity contribution in [3.8, 4) is 11.6 Å². The molecule has 0 unspecified atom stereocenters. The third-order valence-corrected chi connectivity index (χ3v) is 14.1. The quantitative estimate of drug-likeness (QED) is 0.139. The van der Waals surface area contributed by atoms with Gasteiger partial charge in [0.2, 0.25) is 17.7 Å². The Hall–Kier alpha value is -7.21. The molecule has 0 aliphatic carbocycles. The van der Waals surface area contributed by atoms with Crippen molar-refractivity contribution in [1.82, 2.24) is 29.7 Å². The first-order chi connectivity index (χ1) is 34.3. The number of benzene rings is 2. The van der Waals surface area contributed by atoms with Crippen molar-refractivity contribution in [3.05, 3.63) is 102 Å². The number of anilines is 7. The molecule has 5 aromatic rings. The fraction of sp³-hybridized carbons (Fsp3) is 0.453. The molecule has 2 aromatic carbocycles. The van der Waals surface area contributed by atoms with Crippen LogP contribution in [0.1, 0.15) is 62.4 Å². The van der Waals surface area contributed by atoms with Crippen LogP contribution in [0.15, 0.2) is 79.3 Å². The lowest BCUT2D eigenvalue weighted by molar-refractivity contribution is -0.129. The zero-order valence-electron chi connectivity index (χ0n) is 41.5. The molecule has 71 heavy (non-hydrogen) atoms. The van der Waals surface area contributed by atoms with E-state index in [1.807, 2.05) is 76.5 Å². The van der Waals surface area contributed by atoms with Crippen molar-refractivity contribution >= 4 is 58.2 Å². The van der Waals surface area contributed by atoms with E-state index in [1.54, 1.807) is 23.1 Å². The van der Waals surface area contributed by atoms with Crippen molar-refractivity contribution in [3.63, 3.8) is 0 Å². The molecule has 1 N–H and O–H groups in total. The number of piperidine rings is 1. The van der Waals surface area contributed by atoms with E-state index in [1.165, 1.54) is 10.6 Å². The number of methoxy groups -OCH3 is 1. The van der Waals surface area contributed by atoms with Crippen LogP contribution in [-0.4, -0.2) is 133 Å². The van der Waals surface area contributed by atoms with Crippen molar-refractivity contribution < 1.29 is 28.6 Å². The maximum absolute atomic E-state index is 13.5. The Balaban J connectivity index is 0.676. The number of hydrogen-bond acceptors (Lipinski definition) is 15. The second kappa shape index (κ2) is 20.3. The molecule has 10 rings (SSSR count). The zero-order valence-corrected chi connectivity index (χ0v) is 41.5. The number of hydrogen-bond donors (Lipinski definition) is 1. The Kier molecular flexibility index (Phi) is 13.5. The van der Waals surface area contributed by atoms with Gasteiger partial charge in [-0.05, 0) is 113 Å². The number of aromatic nitrogens is 4. The van der Waals surface area contributed by atoms with Gasteiger partial charge < -0.3 is 34.2 Å². The highest BCUT2D eigenvalue weighted by atomic mass is 16.6. The summed E-state index contributed by atoms with van der Waals surface area (Å²) in [6, 6.07) is 19.6. The van der Waals surface area contributed by atoms with Crippen LogP contribution in [0, 0.1) is 12.8 Å². The highest BCUT2D eigenvalue weighted by Crippen LogP contribution is 2.40. The third-order valence-electron chi connectivity index (χ3n) is 14.1. The third kappa shape index (κ3) is 10.6. The maximum Gasteiger partial charge on any atom is 0.415 e. The summed E-state index contributed by atoms with van der Waals surface area (Å²) in [6.45, 7) is 17.2. The average Bonchev–Trinajstić information content (AvgIpc) is 3.38. The Bertz CT molecular complexity index is 2720. The lowest BCUT2D eigenvalue weighted by Crippen LogP contribution is -2.52. The maximum atomic E-state index is 13.5. The molecular weight excluding hydrogens is 901 g/mol. The van der Waals surface area contributed by atoms with Gasteiger partial charge in [0.15, 0.2) is 0 Å². The van der Waals surface area contributed by atoms with E-state index in [9.17, 15) is 14.4 Å². The Labute approximate surface area is 415 Å². The fourth-order valence-corrected chi connectivity index (χ4v) is 10.2. The number of rotatable bonds is 11. The molecule has 8 heterocycles. The lowest BCUT2D eigenvalue weighted by Gasteiger charge is -2.40. The van der Waals surface area contributed by atoms with Gasteiger partial charge in [0.25, 0.3) is 0 Å². The second-order valence-electron chi connectivity index (χ2n) is 20.0. The first-order valence-corrected chi connectivity index (χ1v) is 24.9. The van der Waals surface area contributed by atoms with E-state index in [4.69, 9.17) is 24.2 Å². The molecule has 18 heteroatoms. The Morgan fingerprint density at radius 2 is 1.55 bits per heavy atom. The normalized spacial score (nSPS) is 18.0.